The van der Waals surface area contributed by atoms with Gasteiger partial charge in [-0.1, -0.05) is 30.4 Å². The van der Waals surface area contributed by atoms with E-state index in [1.54, 1.807) is 24.3 Å². The number of rotatable bonds is 6. The van der Waals surface area contributed by atoms with Crippen molar-refractivity contribution in [1.29, 1.82) is 0 Å². The summed E-state index contributed by atoms with van der Waals surface area (Å²) in [6.07, 6.45) is 5.68. The van der Waals surface area contributed by atoms with Crippen LogP contribution < -0.4 is 4.74 Å². The third-order valence-corrected chi connectivity index (χ3v) is 1.89. The van der Waals surface area contributed by atoms with Gasteiger partial charge in [-0.15, -0.1) is 0 Å². The fourth-order valence-corrected chi connectivity index (χ4v) is 1.14. The predicted octanol–water partition coefficient (Wildman–Crippen LogP) is 2.52. The summed E-state index contributed by atoms with van der Waals surface area (Å²) in [5.41, 5.74) is 0. The fraction of sp³-hybridized carbons (Fsp3) is 0.231. The van der Waals surface area contributed by atoms with Crippen molar-refractivity contribution in [2.45, 2.75) is 19.3 Å². The van der Waals surface area contributed by atoms with Gasteiger partial charge in [0.15, 0.2) is 0 Å². The minimum absolute atomic E-state index is 0.262. The number of ether oxygens (including phenoxy) is 1. The first-order valence-electron chi connectivity index (χ1n) is 5.17. The number of benzene rings is 1. The van der Waals surface area contributed by atoms with Crippen LogP contribution in [-0.4, -0.2) is 12.3 Å². The number of para-hydroxylation sites is 1. The molecule has 0 atom stereocenters. The third kappa shape index (κ3) is 5.10. The summed E-state index contributed by atoms with van der Waals surface area (Å²) in [5, 5.41) is 0. The second kappa shape index (κ2) is 7.40. The van der Waals surface area contributed by atoms with Crippen LogP contribution in [0.3, 0.4) is 0 Å². The van der Waals surface area contributed by atoms with Crippen LogP contribution in [-0.2, 0) is 9.59 Å². The van der Waals surface area contributed by atoms with Crippen LogP contribution in [0, 0.1) is 0 Å². The molecule has 0 aromatic heterocycles. The molecule has 0 heterocycles. The van der Waals surface area contributed by atoms with E-state index in [-0.39, 0.29) is 5.97 Å². The SMILES string of the molecule is O=CC/C=C/CCC(=O)Oc1ccccc1. The van der Waals surface area contributed by atoms with Crippen LogP contribution >= 0.6 is 0 Å². The average Bonchev–Trinajstić information content (AvgIpc) is 2.30. The Morgan fingerprint density at radius 1 is 1.19 bits per heavy atom. The van der Waals surface area contributed by atoms with Crippen molar-refractivity contribution in [1.82, 2.24) is 0 Å². The molecule has 3 heteroatoms. The minimum Gasteiger partial charge on any atom is -0.427 e. The highest BCUT2D eigenvalue weighted by Crippen LogP contribution is 2.09. The van der Waals surface area contributed by atoms with E-state index in [0.29, 0.717) is 25.0 Å². The summed E-state index contributed by atoms with van der Waals surface area (Å²) in [6, 6.07) is 8.96. The lowest BCUT2D eigenvalue weighted by molar-refractivity contribution is -0.134. The highest BCUT2D eigenvalue weighted by Gasteiger charge is 2.01. The molecule has 0 bridgehead atoms. The Bertz CT molecular complexity index is 355. The summed E-state index contributed by atoms with van der Waals surface area (Å²) in [5.74, 6) is 0.298. The molecule has 0 unspecified atom stereocenters. The number of carbonyl (C=O) groups is 2. The van der Waals surface area contributed by atoms with Gasteiger partial charge in [-0.3, -0.25) is 4.79 Å². The van der Waals surface area contributed by atoms with E-state index in [4.69, 9.17) is 4.74 Å². The molecule has 0 fully saturated rings. The molecule has 0 aliphatic carbocycles. The summed E-state index contributed by atoms with van der Waals surface area (Å²) in [6.45, 7) is 0. The van der Waals surface area contributed by atoms with Gasteiger partial charge in [-0.05, 0) is 18.6 Å². The van der Waals surface area contributed by atoms with Crippen LogP contribution in [0.15, 0.2) is 42.5 Å². The molecule has 3 nitrogen and oxygen atoms in total. The van der Waals surface area contributed by atoms with E-state index < -0.39 is 0 Å². The van der Waals surface area contributed by atoms with Crippen molar-refractivity contribution in [3.8, 4) is 5.75 Å². The fourth-order valence-electron chi connectivity index (χ4n) is 1.14. The monoisotopic (exact) mass is 218 g/mol. The zero-order valence-electron chi connectivity index (χ0n) is 8.96. The summed E-state index contributed by atoms with van der Waals surface area (Å²) in [7, 11) is 0. The normalized spacial score (nSPS) is 10.2. The number of aldehydes is 1. The predicted molar refractivity (Wildman–Crippen MR) is 61.1 cm³/mol. The van der Waals surface area contributed by atoms with Gasteiger partial charge in [-0.2, -0.15) is 0 Å². The zero-order chi connectivity index (χ0) is 11.6. The van der Waals surface area contributed by atoms with Crippen molar-refractivity contribution in [3.05, 3.63) is 42.5 Å². The largest absolute Gasteiger partial charge is 0.427 e. The van der Waals surface area contributed by atoms with Crippen molar-refractivity contribution >= 4 is 12.3 Å². The van der Waals surface area contributed by atoms with Crippen molar-refractivity contribution < 1.29 is 14.3 Å². The minimum atomic E-state index is -0.262. The second-order valence-corrected chi connectivity index (χ2v) is 3.20. The Morgan fingerprint density at radius 3 is 2.62 bits per heavy atom. The van der Waals surface area contributed by atoms with Gasteiger partial charge < -0.3 is 9.53 Å². The molecular weight excluding hydrogens is 204 g/mol. The molecule has 0 radical (unpaired) electrons. The third-order valence-electron chi connectivity index (χ3n) is 1.89. The molecule has 16 heavy (non-hydrogen) atoms. The lowest BCUT2D eigenvalue weighted by atomic mass is 10.2. The Hall–Kier alpha value is -1.90. The van der Waals surface area contributed by atoms with Gasteiger partial charge in [0, 0.05) is 12.8 Å². The van der Waals surface area contributed by atoms with E-state index in [0.717, 1.165) is 6.29 Å². The molecule has 0 saturated carbocycles. The smallest absolute Gasteiger partial charge is 0.311 e. The first kappa shape index (κ1) is 12.2. The van der Waals surface area contributed by atoms with Gasteiger partial charge in [0.05, 0.1) is 0 Å². The molecule has 0 amide bonds. The number of hydrogen-bond donors (Lipinski definition) is 0. The number of allylic oxidation sites excluding steroid dienone is 2. The summed E-state index contributed by atoms with van der Waals surface area (Å²) >= 11 is 0. The Balaban J connectivity index is 2.24. The van der Waals surface area contributed by atoms with Crippen LogP contribution in [0.1, 0.15) is 19.3 Å². The van der Waals surface area contributed by atoms with Crippen molar-refractivity contribution in [3.63, 3.8) is 0 Å². The summed E-state index contributed by atoms with van der Waals surface area (Å²) < 4.78 is 5.08. The van der Waals surface area contributed by atoms with E-state index in [2.05, 4.69) is 0 Å². The average molecular weight is 218 g/mol. The Kier molecular flexibility index (Phi) is 5.63. The highest BCUT2D eigenvalue weighted by molar-refractivity contribution is 5.72. The standard InChI is InChI=1S/C13H14O3/c14-11-7-2-1-6-10-13(15)16-12-8-4-3-5-9-12/h1-5,8-9,11H,6-7,10H2/b2-1+. The number of esters is 1. The van der Waals surface area contributed by atoms with E-state index in [1.807, 2.05) is 18.2 Å². The van der Waals surface area contributed by atoms with Crippen LogP contribution in [0.2, 0.25) is 0 Å². The summed E-state index contributed by atoms with van der Waals surface area (Å²) in [4.78, 5) is 21.3. The molecule has 0 aliphatic heterocycles. The van der Waals surface area contributed by atoms with Crippen LogP contribution in [0.25, 0.3) is 0 Å². The van der Waals surface area contributed by atoms with Crippen molar-refractivity contribution in [2.75, 3.05) is 0 Å². The van der Waals surface area contributed by atoms with Crippen LogP contribution in [0.5, 0.6) is 5.75 Å². The first-order valence-corrected chi connectivity index (χ1v) is 5.17. The maximum absolute atomic E-state index is 11.3. The van der Waals surface area contributed by atoms with Gasteiger partial charge in [0.25, 0.3) is 0 Å². The van der Waals surface area contributed by atoms with Crippen molar-refractivity contribution in [2.24, 2.45) is 0 Å². The molecule has 1 rings (SSSR count). The van der Waals surface area contributed by atoms with Gasteiger partial charge in [0.2, 0.25) is 0 Å². The Morgan fingerprint density at radius 2 is 1.94 bits per heavy atom. The second-order valence-electron chi connectivity index (χ2n) is 3.20. The number of hydrogen-bond acceptors (Lipinski definition) is 3. The van der Waals surface area contributed by atoms with Gasteiger partial charge in [0.1, 0.15) is 12.0 Å². The number of carbonyl (C=O) groups excluding carboxylic acids is 2. The first-order chi connectivity index (χ1) is 7.83. The molecule has 1 aromatic rings. The van der Waals surface area contributed by atoms with E-state index >= 15 is 0 Å². The van der Waals surface area contributed by atoms with E-state index in [9.17, 15) is 9.59 Å². The highest BCUT2D eigenvalue weighted by atomic mass is 16.5. The lowest BCUT2D eigenvalue weighted by Crippen LogP contribution is -2.06. The molecule has 0 saturated heterocycles. The molecule has 1 aromatic carbocycles. The molecular formula is C13H14O3. The molecule has 0 aliphatic rings. The van der Waals surface area contributed by atoms with Gasteiger partial charge >= 0.3 is 5.97 Å². The van der Waals surface area contributed by atoms with Crippen LogP contribution in [0.4, 0.5) is 0 Å². The molecule has 0 spiro atoms. The van der Waals surface area contributed by atoms with Gasteiger partial charge in [-0.25, -0.2) is 0 Å². The molecule has 84 valence electrons. The molecule has 0 N–H and O–H groups in total. The lowest BCUT2D eigenvalue weighted by Gasteiger charge is -2.01. The zero-order valence-corrected chi connectivity index (χ0v) is 8.96. The topological polar surface area (TPSA) is 43.4 Å². The Labute approximate surface area is 94.7 Å². The quantitative estimate of drug-likeness (QED) is 0.319. The maximum Gasteiger partial charge on any atom is 0.311 e. The maximum atomic E-state index is 11.3. The van der Waals surface area contributed by atoms with E-state index in [1.165, 1.54) is 0 Å².